The second-order valence-electron chi connectivity index (χ2n) is 6.07. The summed E-state index contributed by atoms with van der Waals surface area (Å²) in [5, 5.41) is 6.31. The van der Waals surface area contributed by atoms with Gasteiger partial charge in [-0.3, -0.25) is 4.79 Å². The number of benzene rings is 1. The lowest BCUT2D eigenvalue weighted by Gasteiger charge is -2.27. The first-order chi connectivity index (χ1) is 12.9. The van der Waals surface area contributed by atoms with Crippen LogP contribution in [-0.4, -0.2) is 34.9 Å². The normalized spacial score (nSPS) is 16.3. The maximum absolute atomic E-state index is 13.4. The van der Waals surface area contributed by atoms with Crippen LogP contribution in [0, 0.1) is 0 Å². The number of hydrogen-bond donors (Lipinski definition) is 1. The molecule has 1 amide bonds. The Bertz CT molecular complexity index is 846. The minimum Gasteiger partial charge on any atom is -0.475 e. The van der Waals surface area contributed by atoms with E-state index in [4.69, 9.17) is 9.26 Å². The average molecular weight is 381 g/mol. The number of unbranched alkanes of at least 4 members (excludes halogenated alkanes) is 1. The minimum absolute atomic E-state index is 0.0136. The fraction of sp³-hybridized carbons (Fsp3) is 0.389. The summed E-state index contributed by atoms with van der Waals surface area (Å²) in [4.78, 5) is 15.8. The Morgan fingerprint density at radius 2 is 2.07 bits per heavy atom. The zero-order chi connectivity index (χ0) is 19.4. The van der Waals surface area contributed by atoms with E-state index in [1.807, 2.05) is 6.92 Å². The molecule has 0 fully saturated rings. The molecule has 27 heavy (non-hydrogen) atoms. The van der Waals surface area contributed by atoms with Gasteiger partial charge in [-0.05, 0) is 18.6 Å². The molecule has 1 aromatic carbocycles. The highest BCUT2D eigenvalue weighted by Crippen LogP contribution is 2.40. The molecule has 1 aromatic heterocycles. The van der Waals surface area contributed by atoms with Gasteiger partial charge in [0, 0.05) is 12.1 Å². The number of alkyl halides is 3. The van der Waals surface area contributed by atoms with Crippen LogP contribution in [0.4, 0.5) is 13.2 Å². The maximum atomic E-state index is 13.4. The van der Waals surface area contributed by atoms with Gasteiger partial charge < -0.3 is 14.6 Å². The lowest BCUT2D eigenvalue weighted by Crippen LogP contribution is -2.37. The molecule has 0 radical (unpaired) electrons. The molecular formula is C18H18F3N3O3. The SMILES string of the molecule is CCCCNC(=O)Cc1noc(C2=Cc3ccccc3OC2C(F)(F)F)n1. The third kappa shape index (κ3) is 4.47. The number of ether oxygens (including phenoxy) is 1. The number of halogens is 3. The topological polar surface area (TPSA) is 77.2 Å². The molecule has 3 rings (SSSR count). The number of nitrogens with one attached hydrogen (secondary N) is 1. The molecule has 0 spiro atoms. The number of rotatable bonds is 6. The molecule has 9 heteroatoms. The van der Waals surface area contributed by atoms with E-state index in [0.29, 0.717) is 12.1 Å². The quantitative estimate of drug-likeness (QED) is 0.776. The van der Waals surface area contributed by atoms with Gasteiger partial charge in [0.15, 0.2) is 5.82 Å². The van der Waals surface area contributed by atoms with Crippen LogP contribution < -0.4 is 10.1 Å². The van der Waals surface area contributed by atoms with Crippen LogP contribution in [0.3, 0.4) is 0 Å². The van der Waals surface area contributed by atoms with E-state index in [1.54, 1.807) is 18.2 Å². The van der Waals surface area contributed by atoms with Gasteiger partial charge >= 0.3 is 6.18 Å². The van der Waals surface area contributed by atoms with Crippen molar-refractivity contribution in [3.63, 3.8) is 0 Å². The number of amides is 1. The molecule has 1 unspecified atom stereocenters. The first-order valence-electron chi connectivity index (χ1n) is 8.52. The highest BCUT2D eigenvalue weighted by molar-refractivity contribution is 5.85. The number of para-hydroxylation sites is 1. The van der Waals surface area contributed by atoms with Gasteiger partial charge in [-0.25, -0.2) is 0 Å². The second kappa shape index (κ2) is 7.81. The Hall–Kier alpha value is -2.84. The molecular weight excluding hydrogens is 363 g/mol. The molecule has 1 atom stereocenters. The molecule has 1 aliphatic rings. The van der Waals surface area contributed by atoms with E-state index < -0.39 is 12.3 Å². The molecule has 1 aliphatic heterocycles. The molecule has 0 saturated heterocycles. The lowest BCUT2D eigenvalue weighted by molar-refractivity contribution is -0.177. The van der Waals surface area contributed by atoms with Crippen molar-refractivity contribution >= 4 is 17.6 Å². The Morgan fingerprint density at radius 1 is 1.30 bits per heavy atom. The largest absolute Gasteiger partial charge is 0.475 e. The Morgan fingerprint density at radius 3 is 2.81 bits per heavy atom. The summed E-state index contributed by atoms with van der Waals surface area (Å²) in [6, 6.07) is 6.36. The summed E-state index contributed by atoms with van der Waals surface area (Å²) >= 11 is 0. The van der Waals surface area contributed by atoms with Gasteiger partial charge in [0.2, 0.25) is 12.0 Å². The van der Waals surface area contributed by atoms with Crippen LogP contribution in [0.2, 0.25) is 0 Å². The van der Waals surface area contributed by atoms with Crippen LogP contribution in [0.1, 0.15) is 37.0 Å². The smallest absolute Gasteiger partial charge is 0.429 e. The zero-order valence-corrected chi connectivity index (χ0v) is 14.5. The van der Waals surface area contributed by atoms with Gasteiger partial charge in [0.25, 0.3) is 5.89 Å². The predicted molar refractivity (Wildman–Crippen MR) is 90.7 cm³/mol. The Kier molecular flexibility index (Phi) is 5.48. The molecule has 144 valence electrons. The number of fused-ring (bicyclic) bond motifs is 1. The predicted octanol–water partition coefficient (Wildman–Crippen LogP) is 3.39. The summed E-state index contributed by atoms with van der Waals surface area (Å²) in [7, 11) is 0. The van der Waals surface area contributed by atoms with E-state index in [1.165, 1.54) is 12.1 Å². The maximum Gasteiger partial charge on any atom is 0.429 e. The van der Waals surface area contributed by atoms with E-state index >= 15 is 0 Å². The molecule has 0 aliphatic carbocycles. The number of carbonyl (C=O) groups is 1. The summed E-state index contributed by atoms with van der Waals surface area (Å²) in [5.74, 6) is -0.496. The minimum atomic E-state index is -4.66. The molecule has 1 N–H and O–H groups in total. The molecule has 2 heterocycles. The van der Waals surface area contributed by atoms with Crippen molar-refractivity contribution in [3.8, 4) is 5.75 Å². The lowest BCUT2D eigenvalue weighted by atomic mass is 10.0. The van der Waals surface area contributed by atoms with Crippen LogP contribution in [-0.2, 0) is 11.2 Å². The molecule has 0 bridgehead atoms. The van der Waals surface area contributed by atoms with Gasteiger partial charge in [0.05, 0.1) is 12.0 Å². The summed E-state index contributed by atoms with van der Waals surface area (Å²) in [5.41, 5.74) is 0.191. The van der Waals surface area contributed by atoms with Gasteiger partial charge in [-0.1, -0.05) is 36.7 Å². The summed E-state index contributed by atoms with van der Waals surface area (Å²) in [6.07, 6.45) is -3.98. The monoisotopic (exact) mass is 381 g/mol. The molecule has 0 saturated carbocycles. The van der Waals surface area contributed by atoms with E-state index in [9.17, 15) is 18.0 Å². The zero-order valence-electron chi connectivity index (χ0n) is 14.5. The van der Waals surface area contributed by atoms with E-state index in [-0.39, 0.29) is 35.4 Å². The van der Waals surface area contributed by atoms with Crippen LogP contribution in [0.5, 0.6) is 5.75 Å². The molecule has 6 nitrogen and oxygen atoms in total. The highest BCUT2D eigenvalue weighted by Gasteiger charge is 2.48. The van der Waals surface area contributed by atoms with Gasteiger partial charge in [0.1, 0.15) is 5.75 Å². The number of hydrogen-bond acceptors (Lipinski definition) is 5. The fourth-order valence-electron chi connectivity index (χ4n) is 2.61. The first-order valence-corrected chi connectivity index (χ1v) is 8.52. The second-order valence-corrected chi connectivity index (χ2v) is 6.07. The third-order valence-electron chi connectivity index (χ3n) is 3.94. The van der Waals surface area contributed by atoms with E-state index in [2.05, 4.69) is 15.5 Å². The van der Waals surface area contributed by atoms with Crippen molar-refractivity contribution in [1.82, 2.24) is 15.5 Å². The first kappa shape index (κ1) is 18.9. The van der Waals surface area contributed by atoms with Crippen LogP contribution >= 0.6 is 0 Å². The van der Waals surface area contributed by atoms with Crippen molar-refractivity contribution in [2.45, 2.75) is 38.5 Å². The Balaban J connectivity index is 1.82. The van der Waals surface area contributed by atoms with Crippen molar-refractivity contribution in [1.29, 1.82) is 0 Å². The molecule has 2 aromatic rings. The van der Waals surface area contributed by atoms with Crippen LogP contribution in [0.15, 0.2) is 28.8 Å². The third-order valence-corrected chi connectivity index (χ3v) is 3.94. The summed E-state index contributed by atoms with van der Waals surface area (Å²) in [6.45, 7) is 2.51. The Labute approximate surface area is 153 Å². The van der Waals surface area contributed by atoms with Gasteiger partial charge in [-0.15, -0.1) is 0 Å². The van der Waals surface area contributed by atoms with Crippen molar-refractivity contribution in [3.05, 3.63) is 41.5 Å². The van der Waals surface area contributed by atoms with Crippen molar-refractivity contribution in [2.75, 3.05) is 6.54 Å². The summed E-state index contributed by atoms with van der Waals surface area (Å²) < 4.78 is 50.4. The number of carbonyl (C=O) groups excluding carboxylic acids is 1. The van der Waals surface area contributed by atoms with Crippen LogP contribution in [0.25, 0.3) is 11.6 Å². The van der Waals surface area contributed by atoms with Crippen molar-refractivity contribution in [2.24, 2.45) is 0 Å². The number of aromatic nitrogens is 2. The van der Waals surface area contributed by atoms with Gasteiger partial charge in [-0.2, -0.15) is 18.2 Å². The average Bonchev–Trinajstić information content (AvgIpc) is 3.08. The fourth-order valence-corrected chi connectivity index (χ4v) is 2.61. The van der Waals surface area contributed by atoms with E-state index in [0.717, 1.165) is 12.8 Å². The number of nitrogens with zero attached hydrogens (tertiary/aromatic N) is 2. The standard InChI is InChI=1S/C18H18F3N3O3/c1-2-3-8-22-15(25)10-14-23-17(27-24-14)12-9-11-6-4-5-7-13(11)26-16(12)18(19,20)21/h4-7,9,16H,2-3,8,10H2,1H3,(H,22,25). The highest BCUT2D eigenvalue weighted by atomic mass is 19.4. The van der Waals surface area contributed by atoms with Crippen molar-refractivity contribution < 1.29 is 27.2 Å².